The summed E-state index contributed by atoms with van der Waals surface area (Å²) in [4.78, 5) is 38.3. The smallest absolute Gasteiger partial charge is 0.306 e. The zero-order valence-electron chi connectivity index (χ0n) is 50.8. The number of hydrogen-bond donors (Lipinski definition) is 0. The van der Waals surface area contributed by atoms with E-state index in [9.17, 15) is 14.4 Å². The van der Waals surface area contributed by atoms with E-state index >= 15 is 0 Å². The Labute approximate surface area is 472 Å². The summed E-state index contributed by atoms with van der Waals surface area (Å²) in [5, 5.41) is 0. The second-order valence-corrected chi connectivity index (χ2v) is 22.4. The molecule has 0 saturated heterocycles. The van der Waals surface area contributed by atoms with Crippen molar-refractivity contribution in [2.75, 3.05) is 13.2 Å². The van der Waals surface area contributed by atoms with Gasteiger partial charge in [-0.05, 0) is 109 Å². The molecule has 0 aliphatic carbocycles. The summed E-state index contributed by atoms with van der Waals surface area (Å²) < 4.78 is 16.9. The predicted octanol–water partition coefficient (Wildman–Crippen LogP) is 22.7. The Morgan fingerprint density at radius 2 is 0.474 bits per heavy atom. The van der Waals surface area contributed by atoms with E-state index in [2.05, 4.69) is 81.5 Å². The van der Waals surface area contributed by atoms with E-state index in [1.54, 1.807) is 0 Å². The molecule has 0 spiro atoms. The molecule has 0 fully saturated rings. The maximum Gasteiger partial charge on any atom is 0.306 e. The highest BCUT2D eigenvalue weighted by Crippen LogP contribution is 2.17. The predicted molar refractivity (Wildman–Crippen MR) is 330 cm³/mol. The lowest BCUT2D eigenvalue weighted by molar-refractivity contribution is -0.167. The second kappa shape index (κ2) is 64.6. The highest BCUT2D eigenvalue weighted by molar-refractivity contribution is 5.71. The standard InChI is InChI=1S/C70H126O6/c1-4-7-10-13-16-19-22-25-28-30-32-33-34-35-36-37-39-40-42-45-48-51-54-57-60-63-69(72)75-66-67(65-74-68(71)62-59-56-53-50-47-44-27-24-21-18-15-12-9-6-3)76-70(73)64-61-58-55-52-49-46-43-41-38-31-29-26-23-20-17-14-11-8-5-2/h22,24-27,29-30,32,34-35,67H,4-21,23,28,31,33,36-66H2,1-3H3/b25-22-,27-24-,29-26-,32-30-,35-34-. The summed E-state index contributed by atoms with van der Waals surface area (Å²) in [5.74, 6) is -0.874. The number of esters is 3. The van der Waals surface area contributed by atoms with Gasteiger partial charge in [0.1, 0.15) is 13.2 Å². The number of carbonyl (C=O) groups is 3. The Balaban J connectivity index is 4.31. The molecule has 6 nitrogen and oxygen atoms in total. The zero-order chi connectivity index (χ0) is 55.0. The fourth-order valence-corrected chi connectivity index (χ4v) is 9.68. The van der Waals surface area contributed by atoms with E-state index in [-0.39, 0.29) is 31.1 Å². The molecule has 0 bridgehead atoms. The molecule has 76 heavy (non-hydrogen) atoms. The van der Waals surface area contributed by atoms with E-state index < -0.39 is 6.10 Å². The van der Waals surface area contributed by atoms with Crippen molar-refractivity contribution in [1.82, 2.24) is 0 Å². The molecule has 1 unspecified atom stereocenters. The molecule has 0 heterocycles. The Morgan fingerprint density at radius 3 is 0.750 bits per heavy atom. The molecule has 0 aliphatic rings. The lowest BCUT2D eigenvalue weighted by Gasteiger charge is -2.18. The van der Waals surface area contributed by atoms with Crippen molar-refractivity contribution in [3.8, 4) is 0 Å². The van der Waals surface area contributed by atoms with Crippen molar-refractivity contribution in [3.63, 3.8) is 0 Å². The van der Waals surface area contributed by atoms with Crippen LogP contribution in [0.2, 0.25) is 0 Å². The van der Waals surface area contributed by atoms with Gasteiger partial charge in [0.25, 0.3) is 0 Å². The van der Waals surface area contributed by atoms with Crippen LogP contribution >= 0.6 is 0 Å². The van der Waals surface area contributed by atoms with E-state index in [0.29, 0.717) is 19.3 Å². The summed E-state index contributed by atoms with van der Waals surface area (Å²) in [5.41, 5.74) is 0. The van der Waals surface area contributed by atoms with Crippen molar-refractivity contribution in [1.29, 1.82) is 0 Å². The quantitative estimate of drug-likeness (QED) is 0.0261. The summed E-state index contributed by atoms with van der Waals surface area (Å²) >= 11 is 0. The Hall–Kier alpha value is -2.89. The van der Waals surface area contributed by atoms with Gasteiger partial charge in [-0.1, -0.05) is 281 Å². The molecule has 0 N–H and O–H groups in total. The average molecular weight is 1060 g/mol. The minimum Gasteiger partial charge on any atom is -0.462 e. The van der Waals surface area contributed by atoms with Crippen molar-refractivity contribution in [2.45, 2.75) is 354 Å². The molecule has 0 aromatic heterocycles. The SMILES string of the molecule is CCCCCCC/C=C\C/C=C\C/C=C\CCCCCCCCCCCCC(=O)OCC(COC(=O)CCCCCCC/C=C\CCCCCCC)OC(=O)CCCCCCCCCCC/C=C\CCCCCCCC. The first-order chi connectivity index (χ1) is 37.5. The summed E-state index contributed by atoms with van der Waals surface area (Å²) in [6.07, 6.45) is 82.3. The molecule has 0 aromatic carbocycles. The first-order valence-corrected chi connectivity index (χ1v) is 33.3. The van der Waals surface area contributed by atoms with Crippen molar-refractivity contribution < 1.29 is 28.6 Å². The maximum atomic E-state index is 12.9. The lowest BCUT2D eigenvalue weighted by Crippen LogP contribution is -2.30. The molecule has 442 valence electrons. The van der Waals surface area contributed by atoms with Gasteiger partial charge < -0.3 is 14.2 Å². The van der Waals surface area contributed by atoms with Gasteiger partial charge in [-0.15, -0.1) is 0 Å². The van der Waals surface area contributed by atoms with Gasteiger partial charge >= 0.3 is 17.9 Å². The lowest BCUT2D eigenvalue weighted by atomic mass is 10.0. The zero-order valence-corrected chi connectivity index (χ0v) is 50.8. The number of allylic oxidation sites excluding steroid dienone is 10. The van der Waals surface area contributed by atoms with Crippen LogP contribution in [0.25, 0.3) is 0 Å². The molecule has 0 saturated carbocycles. The number of rotatable bonds is 61. The molecular weight excluding hydrogens is 937 g/mol. The normalized spacial score (nSPS) is 12.4. The van der Waals surface area contributed by atoms with Gasteiger partial charge in [0.2, 0.25) is 0 Å². The minimum atomic E-state index is -0.781. The highest BCUT2D eigenvalue weighted by atomic mass is 16.6. The van der Waals surface area contributed by atoms with Gasteiger partial charge in [-0.25, -0.2) is 0 Å². The largest absolute Gasteiger partial charge is 0.462 e. The van der Waals surface area contributed by atoms with Gasteiger partial charge in [0.15, 0.2) is 6.10 Å². The third-order valence-corrected chi connectivity index (χ3v) is 14.7. The van der Waals surface area contributed by atoms with Crippen LogP contribution in [0.4, 0.5) is 0 Å². The number of carbonyl (C=O) groups excluding carboxylic acids is 3. The van der Waals surface area contributed by atoms with Gasteiger partial charge in [0, 0.05) is 19.3 Å². The summed E-state index contributed by atoms with van der Waals surface area (Å²) in [7, 11) is 0. The molecule has 0 aliphatic heterocycles. The van der Waals surface area contributed by atoms with E-state index in [1.807, 2.05) is 0 Å². The Bertz CT molecular complexity index is 1360. The van der Waals surface area contributed by atoms with Crippen LogP contribution in [0, 0.1) is 0 Å². The topological polar surface area (TPSA) is 78.9 Å². The third-order valence-electron chi connectivity index (χ3n) is 14.7. The van der Waals surface area contributed by atoms with Gasteiger partial charge in [-0.2, -0.15) is 0 Å². The van der Waals surface area contributed by atoms with Crippen molar-refractivity contribution >= 4 is 17.9 Å². The van der Waals surface area contributed by atoms with Crippen molar-refractivity contribution in [2.24, 2.45) is 0 Å². The molecule has 0 rings (SSSR count). The van der Waals surface area contributed by atoms with E-state index in [0.717, 1.165) is 77.0 Å². The fraction of sp³-hybridized carbons (Fsp3) is 0.814. The molecule has 6 heteroatoms. The van der Waals surface area contributed by atoms with Crippen molar-refractivity contribution in [3.05, 3.63) is 60.8 Å². The first-order valence-electron chi connectivity index (χ1n) is 33.3. The molecular formula is C70H126O6. The van der Waals surface area contributed by atoms with Crippen LogP contribution < -0.4 is 0 Å². The van der Waals surface area contributed by atoms with Gasteiger partial charge in [0.05, 0.1) is 0 Å². The monoisotopic (exact) mass is 1060 g/mol. The minimum absolute atomic E-state index is 0.0777. The number of hydrogen-bond acceptors (Lipinski definition) is 6. The molecule has 1 atom stereocenters. The molecule has 0 aromatic rings. The van der Waals surface area contributed by atoms with E-state index in [1.165, 1.54) is 231 Å². The van der Waals surface area contributed by atoms with Crippen LogP contribution in [-0.4, -0.2) is 37.2 Å². The number of unbranched alkanes of at least 4 members (excludes halogenated alkanes) is 40. The number of ether oxygens (including phenoxy) is 3. The third kappa shape index (κ3) is 62.0. The van der Waals surface area contributed by atoms with Crippen LogP contribution in [0.5, 0.6) is 0 Å². The van der Waals surface area contributed by atoms with E-state index in [4.69, 9.17) is 14.2 Å². The molecule has 0 radical (unpaired) electrons. The van der Waals surface area contributed by atoms with Crippen LogP contribution in [-0.2, 0) is 28.6 Å². The highest BCUT2D eigenvalue weighted by Gasteiger charge is 2.19. The average Bonchev–Trinajstić information content (AvgIpc) is 3.42. The van der Waals surface area contributed by atoms with Crippen LogP contribution in [0.1, 0.15) is 348 Å². The van der Waals surface area contributed by atoms with Crippen LogP contribution in [0.3, 0.4) is 0 Å². The summed E-state index contributed by atoms with van der Waals surface area (Å²) in [6.45, 7) is 6.65. The first kappa shape index (κ1) is 73.1. The Kier molecular flexibility index (Phi) is 62.2. The fourth-order valence-electron chi connectivity index (χ4n) is 9.68. The second-order valence-electron chi connectivity index (χ2n) is 22.4. The summed E-state index contributed by atoms with van der Waals surface area (Å²) in [6, 6.07) is 0. The Morgan fingerprint density at radius 1 is 0.263 bits per heavy atom. The molecule has 0 amide bonds. The van der Waals surface area contributed by atoms with Crippen LogP contribution in [0.15, 0.2) is 60.8 Å². The maximum absolute atomic E-state index is 12.9. The van der Waals surface area contributed by atoms with Gasteiger partial charge in [-0.3, -0.25) is 14.4 Å².